The van der Waals surface area contributed by atoms with Gasteiger partial charge in [-0.25, -0.2) is 4.79 Å². The van der Waals surface area contributed by atoms with Gasteiger partial charge in [-0.2, -0.15) is 0 Å². The third-order valence-corrected chi connectivity index (χ3v) is 5.64. The van der Waals surface area contributed by atoms with E-state index in [1.54, 1.807) is 13.2 Å². The van der Waals surface area contributed by atoms with Crippen LogP contribution in [0.3, 0.4) is 0 Å². The lowest BCUT2D eigenvalue weighted by Crippen LogP contribution is -2.27. The first-order valence-corrected chi connectivity index (χ1v) is 11.3. The summed E-state index contributed by atoms with van der Waals surface area (Å²) in [5.74, 6) is 0.0378. The van der Waals surface area contributed by atoms with Crippen LogP contribution in [0.1, 0.15) is 24.8 Å². The molecule has 1 aliphatic carbocycles. The van der Waals surface area contributed by atoms with Crippen molar-refractivity contribution in [2.75, 3.05) is 44.9 Å². The number of nitrogens with zero attached hydrogens (tertiary/aromatic N) is 1. The Hall–Kier alpha value is -2.54. The highest BCUT2D eigenvalue weighted by Gasteiger charge is 2.24. The van der Waals surface area contributed by atoms with Crippen molar-refractivity contribution in [1.82, 2.24) is 5.32 Å². The van der Waals surface area contributed by atoms with Crippen molar-refractivity contribution in [3.05, 3.63) is 76.2 Å². The maximum atomic E-state index is 10.5. The Balaban J connectivity index is 1.67. The highest BCUT2D eigenvalue weighted by molar-refractivity contribution is 6.30. The normalized spacial score (nSPS) is 15.4. The number of methoxy groups -OCH3 is 1. The standard InChI is InChI=1S/C25H31ClN2O4/c1-31-15-16-32-22-10-11-23-20(17-22)7-6-19-8-9-21(26)18-24(19)28(23)14-3-2-12-27-13-4-5-25(29)30/h4-5,7-11,18,27H,2-3,6,12-17H2,1H3,(H,29,30)/b5-4+. The second kappa shape index (κ2) is 12.5. The minimum atomic E-state index is -0.920. The van der Waals surface area contributed by atoms with Crippen LogP contribution in [-0.4, -0.2) is 51.0 Å². The summed E-state index contributed by atoms with van der Waals surface area (Å²) in [7, 11) is 1.67. The number of carboxylic acids is 1. The van der Waals surface area contributed by atoms with Gasteiger partial charge in [-0.1, -0.05) is 29.8 Å². The maximum absolute atomic E-state index is 10.5. The molecular weight excluding hydrogens is 428 g/mol. The molecule has 0 amide bonds. The molecular formula is C25H31ClN2O4. The van der Waals surface area contributed by atoms with Crippen LogP contribution in [-0.2, 0) is 20.7 Å². The van der Waals surface area contributed by atoms with E-state index in [1.807, 2.05) is 6.07 Å². The van der Waals surface area contributed by atoms with E-state index in [9.17, 15) is 4.79 Å². The predicted molar refractivity (Wildman–Crippen MR) is 128 cm³/mol. The lowest BCUT2D eigenvalue weighted by molar-refractivity contribution is -0.131. The number of carboxylic acid groups (broad SMARTS) is 1. The Bertz CT molecular complexity index is 921. The van der Waals surface area contributed by atoms with Crippen LogP contribution in [0.5, 0.6) is 0 Å². The molecule has 32 heavy (non-hydrogen) atoms. The molecule has 0 bridgehead atoms. The molecule has 0 radical (unpaired) electrons. The van der Waals surface area contributed by atoms with Gasteiger partial charge in [0.1, 0.15) is 12.4 Å². The minimum absolute atomic E-state index is 0.549. The number of ether oxygens (including phenoxy) is 2. The fourth-order valence-corrected chi connectivity index (χ4v) is 4.01. The van der Waals surface area contributed by atoms with Crippen molar-refractivity contribution in [2.45, 2.75) is 25.7 Å². The number of unbranched alkanes of at least 4 members (excludes halogenated alkanes) is 1. The van der Waals surface area contributed by atoms with Gasteiger partial charge in [0, 0.05) is 49.1 Å². The molecule has 7 heteroatoms. The molecule has 1 aliphatic heterocycles. The molecule has 6 nitrogen and oxygen atoms in total. The number of aliphatic carboxylic acids is 1. The lowest BCUT2D eigenvalue weighted by atomic mass is 10.0. The third kappa shape index (κ3) is 6.99. The zero-order valence-corrected chi connectivity index (χ0v) is 19.2. The summed E-state index contributed by atoms with van der Waals surface area (Å²) in [6, 6.07) is 6.11. The molecule has 0 saturated carbocycles. The summed E-state index contributed by atoms with van der Waals surface area (Å²) in [5.41, 5.74) is 4.88. The van der Waals surface area contributed by atoms with Crippen molar-refractivity contribution >= 4 is 23.3 Å². The van der Waals surface area contributed by atoms with Gasteiger partial charge in [-0.05, 0) is 61.2 Å². The monoisotopic (exact) mass is 458 g/mol. The number of rotatable bonds is 12. The van der Waals surface area contributed by atoms with Crippen LogP contribution in [0, 0.1) is 0 Å². The van der Waals surface area contributed by atoms with Crippen LogP contribution in [0.2, 0.25) is 5.02 Å². The molecule has 0 fully saturated rings. The number of halogens is 1. The van der Waals surface area contributed by atoms with Gasteiger partial charge in [0.25, 0.3) is 0 Å². The van der Waals surface area contributed by atoms with Gasteiger partial charge < -0.3 is 24.8 Å². The molecule has 0 atom stereocenters. The summed E-state index contributed by atoms with van der Waals surface area (Å²) in [5, 5.41) is 12.6. The Labute approximate surface area is 194 Å². The van der Waals surface area contributed by atoms with Crippen LogP contribution < -0.4 is 10.2 Å². The van der Waals surface area contributed by atoms with Crippen molar-refractivity contribution in [1.29, 1.82) is 0 Å². The maximum Gasteiger partial charge on any atom is 0.328 e. The van der Waals surface area contributed by atoms with Gasteiger partial charge in [0.05, 0.1) is 6.61 Å². The third-order valence-electron chi connectivity index (χ3n) is 5.40. The van der Waals surface area contributed by atoms with Crippen LogP contribution in [0.25, 0.3) is 0 Å². The first kappa shape index (κ1) is 24.1. The molecule has 2 aliphatic rings. The van der Waals surface area contributed by atoms with Crippen LogP contribution in [0.4, 0.5) is 5.69 Å². The Morgan fingerprint density at radius 3 is 2.97 bits per heavy atom. The van der Waals surface area contributed by atoms with Crippen molar-refractivity contribution in [3.8, 4) is 0 Å². The minimum Gasteiger partial charge on any atom is -0.495 e. The molecule has 0 unspecified atom stereocenters. The highest BCUT2D eigenvalue weighted by atomic mass is 35.5. The predicted octanol–water partition coefficient (Wildman–Crippen LogP) is 4.47. The van der Waals surface area contributed by atoms with Gasteiger partial charge in [0.2, 0.25) is 0 Å². The van der Waals surface area contributed by atoms with E-state index in [1.165, 1.54) is 16.8 Å². The summed E-state index contributed by atoms with van der Waals surface area (Å²) in [4.78, 5) is 12.9. The number of benzene rings is 1. The Morgan fingerprint density at radius 2 is 2.16 bits per heavy atom. The zero-order chi connectivity index (χ0) is 22.8. The topological polar surface area (TPSA) is 71.0 Å². The van der Waals surface area contributed by atoms with Crippen LogP contribution >= 0.6 is 11.6 Å². The lowest BCUT2D eigenvalue weighted by Gasteiger charge is -2.31. The van der Waals surface area contributed by atoms with E-state index in [0.717, 1.165) is 61.3 Å². The molecule has 3 rings (SSSR count). The summed E-state index contributed by atoms with van der Waals surface area (Å²) < 4.78 is 11.0. The van der Waals surface area contributed by atoms with E-state index in [-0.39, 0.29) is 0 Å². The van der Waals surface area contributed by atoms with Crippen molar-refractivity contribution in [3.63, 3.8) is 0 Å². The van der Waals surface area contributed by atoms with E-state index >= 15 is 0 Å². The number of hydrogen-bond donors (Lipinski definition) is 2. The number of anilines is 1. The van der Waals surface area contributed by atoms with Gasteiger partial charge in [-0.15, -0.1) is 0 Å². The molecule has 1 aromatic carbocycles. The molecule has 1 aromatic rings. The fraction of sp³-hybridized carbons (Fsp3) is 0.400. The van der Waals surface area contributed by atoms with Gasteiger partial charge in [0.15, 0.2) is 0 Å². The number of carbonyl (C=O) groups is 1. The number of fused-ring (bicyclic) bond motifs is 2. The Morgan fingerprint density at radius 1 is 1.28 bits per heavy atom. The molecule has 1 heterocycles. The second-order valence-electron chi connectivity index (χ2n) is 7.71. The van der Waals surface area contributed by atoms with Crippen molar-refractivity contribution < 1.29 is 19.4 Å². The Kier molecular flexibility index (Phi) is 9.41. The van der Waals surface area contributed by atoms with E-state index in [2.05, 4.69) is 40.6 Å². The average Bonchev–Trinajstić information content (AvgIpc) is 2.92. The zero-order valence-electron chi connectivity index (χ0n) is 18.5. The molecule has 0 saturated heterocycles. The molecule has 0 aromatic heterocycles. The van der Waals surface area contributed by atoms with Crippen molar-refractivity contribution in [2.24, 2.45) is 0 Å². The van der Waals surface area contributed by atoms with Gasteiger partial charge in [-0.3, -0.25) is 0 Å². The quantitative estimate of drug-likeness (QED) is 0.355. The SMILES string of the molecule is COCCOC1=CC=C2C(=CCc3ccc(Cl)cc3N2CCCCNC/C=C/C(=O)O)C1. The second-order valence-corrected chi connectivity index (χ2v) is 8.15. The van der Waals surface area contributed by atoms with E-state index < -0.39 is 5.97 Å². The van der Waals surface area contributed by atoms with Crippen LogP contribution in [0.15, 0.2) is 65.6 Å². The summed E-state index contributed by atoms with van der Waals surface area (Å²) >= 11 is 6.35. The highest BCUT2D eigenvalue weighted by Crippen LogP contribution is 2.38. The fourth-order valence-electron chi connectivity index (χ4n) is 3.84. The summed E-state index contributed by atoms with van der Waals surface area (Å²) in [6.45, 7) is 3.38. The summed E-state index contributed by atoms with van der Waals surface area (Å²) in [6.07, 6.45) is 12.9. The first-order chi connectivity index (χ1) is 15.6. The van der Waals surface area contributed by atoms with E-state index in [4.69, 9.17) is 26.2 Å². The largest absolute Gasteiger partial charge is 0.495 e. The smallest absolute Gasteiger partial charge is 0.328 e. The number of nitrogens with one attached hydrogen (secondary N) is 1. The average molecular weight is 459 g/mol. The number of hydrogen-bond acceptors (Lipinski definition) is 5. The molecule has 172 valence electrons. The van der Waals surface area contributed by atoms with Gasteiger partial charge >= 0.3 is 5.97 Å². The first-order valence-electron chi connectivity index (χ1n) is 11.0. The molecule has 0 spiro atoms. The molecule has 2 N–H and O–H groups in total. The number of allylic oxidation sites excluding steroid dienone is 5. The van der Waals surface area contributed by atoms with E-state index in [0.29, 0.717) is 19.8 Å².